The Labute approximate surface area is 139 Å². The second-order valence-electron chi connectivity index (χ2n) is 5.49. The maximum atomic E-state index is 6.28. The molecule has 23 heavy (non-hydrogen) atoms. The summed E-state index contributed by atoms with van der Waals surface area (Å²) in [5, 5.41) is 1.17. The van der Waals surface area contributed by atoms with E-state index in [1.807, 2.05) is 30.3 Å². The molecule has 0 radical (unpaired) electrons. The predicted octanol–water partition coefficient (Wildman–Crippen LogP) is 6.67. The zero-order valence-corrected chi connectivity index (χ0v) is 13.6. The van der Waals surface area contributed by atoms with E-state index in [0.717, 1.165) is 11.5 Å². The molecule has 0 N–H and O–H groups in total. The van der Waals surface area contributed by atoms with Crippen molar-refractivity contribution in [3.8, 4) is 21.9 Å². The highest BCUT2D eigenvalue weighted by Gasteiger charge is 2.17. The average molecular weight is 316 g/mol. The Bertz CT molecular complexity index is 954. The van der Waals surface area contributed by atoms with Crippen LogP contribution in [0.4, 0.5) is 0 Å². The maximum Gasteiger partial charge on any atom is 0.153 e. The highest BCUT2D eigenvalue weighted by Crippen LogP contribution is 2.46. The summed E-state index contributed by atoms with van der Waals surface area (Å²) < 4.78 is 7.53. The van der Waals surface area contributed by atoms with Crippen molar-refractivity contribution < 1.29 is 4.74 Å². The van der Waals surface area contributed by atoms with Crippen molar-refractivity contribution >= 4 is 21.4 Å². The molecule has 1 heterocycles. The molecule has 0 aliphatic heterocycles. The summed E-state index contributed by atoms with van der Waals surface area (Å²) >= 11 is 1.79. The molecular weight excluding hydrogens is 300 g/mol. The van der Waals surface area contributed by atoms with E-state index in [2.05, 4.69) is 55.5 Å². The van der Waals surface area contributed by atoms with Gasteiger partial charge in [0.15, 0.2) is 5.75 Å². The fourth-order valence-electron chi connectivity index (χ4n) is 2.73. The molecule has 0 aliphatic rings. The molecule has 0 bridgehead atoms. The number of rotatable bonds is 3. The molecule has 0 saturated heterocycles. The van der Waals surface area contributed by atoms with Crippen LogP contribution in [0, 0.1) is 6.92 Å². The van der Waals surface area contributed by atoms with Gasteiger partial charge in [0.1, 0.15) is 5.75 Å². The van der Waals surface area contributed by atoms with Crippen molar-refractivity contribution in [1.82, 2.24) is 0 Å². The van der Waals surface area contributed by atoms with Crippen LogP contribution in [0.3, 0.4) is 0 Å². The SMILES string of the molecule is Cc1ccccc1-c1sc2ccccc2c1Oc1ccccc1. The number of hydrogen-bond acceptors (Lipinski definition) is 2. The second-order valence-corrected chi connectivity index (χ2v) is 6.54. The average Bonchev–Trinajstić information content (AvgIpc) is 2.95. The fraction of sp³-hybridized carbons (Fsp3) is 0.0476. The molecule has 0 atom stereocenters. The molecule has 3 aromatic carbocycles. The summed E-state index contributed by atoms with van der Waals surface area (Å²) in [5.41, 5.74) is 2.50. The van der Waals surface area contributed by atoms with Crippen molar-refractivity contribution in [2.45, 2.75) is 6.92 Å². The molecule has 4 rings (SSSR count). The fourth-order valence-corrected chi connectivity index (χ4v) is 3.96. The van der Waals surface area contributed by atoms with E-state index in [1.165, 1.54) is 26.1 Å². The van der Waals surface area contributed by atoms with Crippen molar-refractivity contribution in [3.63, 3.8) is 0 Å². The topological polar surface area (TPSA) is 9.23 Å². The summed E-state index contributed by atoms with van der Waals surface area (Å²) in [6.07, 6.45) is 0. The highest BCUT2D eigenvalue weighted by atomic mass is 32.1. The summed E-state index contributed by atoms with van der Waals surface area (Å²) in [5.74, 6) is 1.82. The Hall–Kier alpha value is -2.58. The Morgan fingerprint density at radius 1 is 0.739 bits per heavy atom. The van der Waals surface area contributed by atoms with Crippen LogP contribution in [-0.2, 0) is 0 Å². The number of fused-ring (bicyclic) bond motifs is 1. The standard InChI is InChI=1S/C21H16OS/c1-15-9-5-6-12-17(15)21-20(22-16-10-3-2-4-11-16)18-13-7-8-14-19(18)23-21/h2-14H,1H3. The lowest BCUT2D eigenvalue weighted by Crippen LogP contribution is -1.86. The molecule has 0 amide bonds. The van der Waals surface area contributed by atoms with E-state index in [1.54, 1.807) is 11.3 Å². The van der Waals surface area contributed by atoms with Gasteiger partial charge < -0.3 is 4.74 Å². The van der Waals surface area contributed by atoms with E-state index < -0.39 is 0 Å². The lowest BCUT2D eigenvalue weighted by Gasteiger charge is -2.09. The molecule has 0 unspecified atom stereocenters. The third kappa shape index (κ3) is 2.62. The van der Waals surface area contributed by atoms with Gasteiger partial charge in [0.25, 0.3) is 0 Å². The largest absolute Gasteiger partial charge is 0.455 e. The first-order valence-corrected chi connectivity index (χ1v) is 8.45. The van der Waals surface area contributed by atoms with Crippen LogP contribution in [0.1, 0.15) is 5.56 Å². The first-order chi connectivity index (χ1) is 11.3. The van der Waals surface area contributed by atoms with Crippen LogP contribution in [0.5, 0.6) is 11.5 Å². The first kappa shape index (κ1) is 14.0. The molecule has 0 fully saturated rings. The molecule has 1 nitrogen and oxygen atoms in total. The van der Waals surface area contributed by atoms with Gasteiger partial charge in [-0.15, -0.1) is 11.3 Å². The minimum Gasteiger partial charge on any atom is -0.455 e. The smallest absolute Gasteiger partial charge is 0.153 e. The quantitative estimate of drug-likeness (QED) is 0.410. The van der Waals surface area contributed by atoms with Gasteiger partial charge in [-0.2, -0.15) is 0 Å². The Morgan fingerprint density at radius 2 is 1.43 bits per heavy atom. The number of para-hydroxylation sites is 1. The Morgan fingerprint density at radius 3 is 2.26 bits per heavy atom. The van der Waals surface area contributed by atoms with E-state index in [0.29, 0.717) is 0 Å². The lowest BCUT2D eigenvalue weighted by molar-refractivity contribution is 0.491. The summed E-state index contributed by atoms with van der Waals surface area (Å²) in [4.78, 5) is 1.19. The minimum absolute atomic E-state index is 0.867. The van der Waals surface area contributed by atoms with Crippen molar-refractivity contribution in [3.05, 3.63) is 84.4 Å². The van der Waals surface area contributed by atoms with Crippen LogP contribution >= 0.6 is 11.3 Å². The number of thiophene rings is 1. The van der Waals surface area contributed by atoms with Crippen LogP contribution in [0.25, 0.3) is 20.5 Å². The number of aryl methyl sites for hydroxylation is 1. The molecule has 4 aromatic rings. The van der Waals surface area contributed by atoms with Gasteiger partial charge in [0, 0.05) is 10.1 Å². The van der Waals surface area contributed by atoms with Gasteiger partial charge in [-0.3, -0.25) is 0 Å². The van der Waals surface area contributed by atoms with Gasteiger partial charge in [-0.05, 0) is 42.3 Å². The van der Waals surface area contributed by atoms with Crippen LogP contribution in [0.2, 0.25) is 0 Å². The molecule has 0 saturated carbocycles. The molecule has 0 spiro atoms. The lowest BCUT2D eigenvalue weighted by atomic mass is 10.1. The maximum absolute atomic E-state index is 6.28. The van der Waals surface area contributed by atoms with E-state index >= 15 is 0 Å². The summed E-state index contributed by atoms with van der Waals surface area (Å²) in [7, 11) is 0. The normalized spacial score (nSPS) is 10.8. The van der Waals surface area contributed by atoms with Gasteiger partial charge in [-0.1, -0.05) is 54.6 Å². The van der Waals surface area contributed by atoms with Gasteiger partial charge in [0.2, 0.25) is 0 Å². The van der Waals surface area contributed by atoms with Gasteiger partial charge in [-0.25, -0.2) is 0 Å². The molecule has 0 aliphatic carbocycles. The summed E-state index contributed by atoms with van der Waals surface area (Å²) in [6, 6.07) is 26.9. The molecular formula is C21H16OS. The Balaban J connectivity index is 1.93. The van der Waals surface area contributed by atoms with Gasteiger partial charge >= 0.3 is 0 Å². The first-order valence-electron chi connectivity index (χ1n) is 7.63. The predicted molar refractivity (Wildman–Crippen MR) is 98.5 cm³/mol. The summed E-state index contributed by atoms with van der Waals surface area (Å²) in [6.45, 7) is 2.14. The van der Waals surface area contributed by atoms with E-state index in [-0.39, 0.29) is 0 Å². The van der Waals surface area contributed by atoms with Crippen LogP contribution in [0.15, 0.2) is 78.9 Å². The zero-order chi connectivity index (χ0) is 15.6. The number of benzene rings is 3. The van der Waals surface area contributed by atoms with Crippen molar-refractivity contribution in [1.29, 1.82) is 0 Å². The van der Waals surface area contributed by atoms with E-state index in [4.69, 9.17) is 4.74 Å². The highest BCUT2D eigenvalue weighted by molar-refractivity contribution is 7.22. The second kappa shape index (κ2) is 5.90. The van der Waals surface area contributed by atoms with Gasteiger partial charge in [0.05, 0.1) is 4.88 Å². The number of ether oxygens (including phenoxy) is 1. The molecule has 112 valence electrons. The molecule has 2 heteroatoms. The number of hydrogen-bond donors (Lipinski definition) is 0. The minimum atomic E-state index is 0.867. The van der Waals surface area contributed by atoms with Crippen molar-refractivity contribution in [2.75, 3.05) is 0 Å². The van der Waals surface area contributed by atoms with E-state index in [9.17, 15) is 0 Å². The Kier molecular flexibility index (Phi) is 3.60. The monoisotopic (exact) mass is 316 g/mol. The third-order valence-corrected chi connectivity index (χ3v) is 5.09. The third-order valence-electron chi connectivity index (χ3n) is 3.90. The van der Waals surface area contributed by atoms with Crippen LogP contribution < -0.4 is 4.74 Å². The zero-order valence-electron chi connectivity index (χ0n) is 12.8. The van der Waals surface area contributed by atoms with Crippen LogP contribution in [-0.4, -0.2) is 0 Å². The molecule has 1 aromatic heterocycles. The van der Waals surface area contributed by atoms with Crippen molar-refractivity contribution in [2.24, 2.45) is 0 Å².